The van der Waals surface area contributed by atoms with E-state index in [1.165, 1.54) is 0 Å². The predicted molar refractivity (Wildman–Crippen MR) is 128 cm³/mol. The molecule has 3 N–H and O–H groups in total. The Morgan fingerprint density at radius 3 is 2.22 bits per heavy atom. The van der Waals surface area contributed by atoms with Crippen molar-refractivity contribution in [3.63, 3.8) is 0 Å². The molecule has 8 heteroatoms. The fourth-order valence-corrected chi connectivity index (χ4v) is 4.01. The van der Waals surface area contributed by atoms with Crippen LogP contribution in [0.15, 0.2) is 60.4 Å². The van der Waals surface area contributed by atoms with Crippen molar-refractivity contribution in [1.82, 2.24) is 19.9 Å². The van der Waals surface area contributed by atoms with Gasteiger partial charge in [0.1, 0.15) is 5.82 Å². The van der Waals surface area contributed by atoms with Crippen molar-refractivity contribution in [3.05, 3.63) is 70.9 Å². The zero-order valence-corrected chi connectivity index (χ0v) is 19.0. The molecule has 1 atom stereocenters. The lowest BCUT2D eigenvalue weighted by molar-refractivity contribution is -0.121. The lowest BCUT2D eigenvalue weighted by atomic mass is 9.78. The van der Waals surface area contributed by atoms with Crippen LogP contribution in [0.3, 0.4) is 0 Å². The van der Waals surface area contributed by atoms with Crippen molar-refractivity contribution in [1.29, 1.82) is 0 Å². The van der Waals surface area contributed by atoms with Gasteiger partial charge in [-0.2, -0.15) is 0 Å². The standard InChI is InChI=1S/C24H24N6OS/c1-4-24(3,19-8-5-16(6-9-19)18-12-27-23(25)28-13-18)22(31)30-21-10-7-17(11-26-21)20-14-32-15(2)29-20/h5-14H,4H2,1-3H3,(H2,25,27,28)(H,26,30,31). The van der Waals surface area contributed by atoms with Gasteiger partial charge in [-0.15, -0.1) is 11.3 Å². The predicted octanol–water partition coefficient (Wildman–Crippen LogP) is 4.86. The number of nitrogens with zero attached hydrogens (tertiary/aromatic N) is 4. The number of aromatic nitrogens is 4. The summed E-state index contributed by atoms with van der Waals surface area (Å²) in [5, 5.41) is 5.97. The first-order chi connectivity index (χ1) is 15.4. The highest BCUT2D eigenvalue weighted by Gasteiger charge is 2.33. The molecule has 0 saturated carbocycles. The molecule has 32 heavy (non-hydrogen) atoms. The first kappa shape index (κ1) is 21.6. The molecule has 1 aromatic carbocycles. The number of thiazole rings is 1. The fraction of sp³-hybridized carbons (Fsp3) is 0.208. The Kier molecular flexibility index (Phi) is 5.96. The van der Waals surface area contributed by atoms with Crippen molar-refractivity contribution in [3.8, 4) is 22.4 Å². The molecule has 162 valence electrons. The molecule has 4 aromatic rings. The van der Waals surface area contributed by atoms with E-state index in [0.29, 0.717) is 12.2 Å². The third-order valence-corrected chi connectivity index (χ3v) is 6.43. The number of benzene rings is 1. The van der Waals surface area contributed by atoms with Gasteiger partial charge in [0.05, 0.1) is 16.1 Å². The van der Waals surface area contributed by atoms with Crippen LogP contribution < -0.4 is 11.1 Å². The largest absolute Gasteiger partial charge is 0.368 e. The van der Waals surface area contributed by atoms with Crippen LogP contribution in [0.4, 0.5) is 11.8 Å². The molecule has 4 rings (SSSR count). The van der Waals surface area contributed by atoms with Crippen molar-refractivity contribution in [2.45, 2.75) is 32.6 Å². The molecular formula is C24H24N6OS. The second-order valence-corrected chi connectivity index (χ2v) is 8.79. The normalized spacial score (nSPS) is 12.8. The molecule has 7 nitrogen and oxygen atoms in total. The van der Waals surface area contributed by atoms with Gasteiger partial charge in [-0.1, -0.05) is 31.2 Å². The third-order valence-electron chi connectivity index (χ3n) is 5.66. The molecule has 1 amide bonds. The molecule has 3 heterocycles. The quantitative estimate of drug-likeness (QED) is 0.440. The number of hydrogen-bond donors (Lipinski definition) is 2. The summed E-state index contributed by atoms with van der Waals surface area (Å²) in [5.41, 5.74) is 9.43. The van der Waals surface area contributed by atoms with E-state index in [0.717, 1.165) is 33.0 Å². The smallest absolute Gasteiger partial charge is 0.235 e. The Balaban J connectivity index is 1.51. The Morgan fingerprint density at radius 1 is 1.00 bits per heavy atom. The first-order valence-electron chi connectivity index (χ1n) is 10.3. The van der Waals surface area contributed by atoms with E-state index < -0.39 is 5.41 Å². The van der Waals surface area contributed by atoms with Gasteiger partial charge in [-0.25, -0.2) is 19.9 Å². The van der Waals surface area contributed by atoms with E-state index in [1.54, 1.807) is 29.9 Å². The van der Waals surface area contributed by atoms with E-state index >= 15 is 0 Å². The van der Waals surface area contributed by atoms with Gasteiger partial charge in [0.15, 0.2) is 0 Å². The monoisotopic (exact) mass is 444 g/mol. The average Bonchev–Trinajstić information content (AvgIpc) is 3.26. The molecule has 3 aromatic heterocycles. The highest BCUT2D eigenvalue weighted by Crippen LogP contribution is 2.31. The summed E-state index contributed by atoms with van der Waals surface area (Å²) in [6.45, 7) is 5.91. The highest BCUT2D eigenvalue weighted by molar-refractivity contribution is 7.09. The molecule has 0 fully saturated rings. The van der Waals surface area contributed by atoms with Crippen LogP contribution in [0.5, 0.6) is 0 Å². The lowest BCUT2D eigenvalue weighted by Crippen LogP contribution is -2.37. The summed E-state index contributed by atoms with van der Waals surface area (Å²) in [4.78, 5) is 30.2. The number of rotatable bonds is 6. The Labute approximate surface area is 190 Å². The number of carbonyl (C=O) groups excluding carboxylic acids is 1. The van der Waals surface area contributed by atoms with Gasteiger partial charge in [-0.3, -0.25) is 4.79 Å². The molecule has 0 aliphatic carbocycles. The number of pyridine rings is 1. The number of nitrogens with one attached hydrogen (secondary N) is 1. The van der Waals surface area contributed by atoms with E-state index in [-0.39, 0.29) is 11.9 Å². The fourth-order valence-electron chi connectivity index (χ4n) is 3.38. The van der Waals surface area contributed by atoms with Gasteiger partial charge in [0.2, 0.25) is 11.9 Å². The van der Waals surface area contributed by atoms with Crippen LogP contribution in [-0.2, 0) is 10.2 Å². The van der Waals surface area contributed by atoms with E-state index in [2.05, 4.69) is 25.3 Å². The van der Waals surface area contributed by atoms with E-state index in [9.17, 15) is 4.79 Å². The zero-order chi connectivity index (χ0) is 22.7. The first-order valence-corrected chi connectivity index (χ1v) is 11.2. The number of anilines is 2. The topological polar surface area (TPSA) is 107 Å². The van der Waals surface area contributed by atoms with E-state index in [1.807, 2.05) is 62.5 Å². The third kappa shape index (κ3) is 4.36. The summed E-state index contributed by atoms with van der Waals surface area (Å²) in [7, 11) is 0. The number of amides is 1. The van der Waals surface area contributed by atoms with Crippen molar-refractivity contribution >= 4 is 29.0 Å². The van der Waals surface area contributed by atoms with E-state index in [4.69, 9.17) is 5.73 Å². The molecule has 0 radical (unpaired) electrons. The van der Waals surface area contributed by atoms with Crippen LogP contribution in [-0.4, -0.2) is 25.8 Å². The summed E-state index contributed by atoms with van der Waals surface area (Å²) in [6.07, 6.45) is 5.74. The maximum absolute atomic E-state index is 13.2. The second-order valence-electron chi connectivity index (χ2n) is 7.73. The summed E-state index contributed by atoms with van der Waals surface area (Å²) < 4.78 is 0. The van der Waals surface area contributed by atoms with Gasteiger partial charge < -0.3 is 11.1 Å². The Morgan fingerprint density at radius 2 is 1.66 bits per heavy atom. The molecule has 0 bridgehead atoms. The van der Waals surface area contributed by atoms with Crippen molar-refractivity contribution < 1.29 is 4.79 Å². The van der Waals surface area contributed by atoms with Gasteiger partial charge in [0.25, 0.3) is 0 Å². The molecular weight excluding hydrogens is 420 g/mol. The van der Waals surface area contributed by atoms with Crippen LogP contribution in [0.25, 0.3) is 22.4 Å². The minimum absolute atomic E-state index is 0.103. The van der Waals surface area contributed by atoms with Gasteiger partial charge >= 0.3 is 0 Å². The lowest BCUT2D eigenvalue weighted by Gasteiger charge is -2.27. The second kappa shape index (κ2) is 8.84. The number of nitrogens with two attached hydrogens (primary N) is 1. The number of hydrogen-bond acceptors (Lipinski definition) is 7. The molecule has 1 unspecified atom stereocenters. The minimum Gasteiger partial charge on any atom is -0.368 e. The summed E-state index contributed by atoms with van der Waals surface area (Å²) >= 11 is 1.60. The molecule has 0 aliphatic heterocycles. The maximum Gasteiger partial charge on any atom is 0.235 e. The summed E-state index contributed by atoms with van der Waals surface area (Å²) in [6, 6.07) is 11.6. The van der Waals surface area contributed by atoms with Crippen LogP contribution in [0.1, 0.15) is 30.8 Å². The number of nitrogen functional groups attached to an aromatic ring is 1. The summed E-state index contributed by atoms with van der Waals surface area (Å²) in [5.74, 6) is 0.651. The molecule has 0 saturated heterocycles. The maximum atomic E-state index is 13.2. The molecule has 0 aliphatic rings. The van der Waals surface area contributed by atoms with Crippen molar-refractivity contribution in [2.75, 3.05) is 11.1 Å². The Hall–Kier alpha value is -3.65. The number of aryl methyl sites for hydroxylation is 1. The molecule has 0 spiro atoms. The zero-order valence-electron chi connectivity index (χ0n) is 18.2. The average molecular weight is 445 g/mol. The van der Waals surface area contributed by atoms with Crippen LogP contribution in [0, 0.1) is 6.92 Å². The highest BCUT2D eigenvalue weighted by atomic mass is 32.1. The number of carbonyl (C=O) groups is 1. The van der Waals surface area contributed by atoms with Gasteiger partial charge in [-0.05, 0) is 43.5 Å². The SMILES string of the molecule is CCC(C)(C(=O)Nc1ccc(-c2csc(C)n2)cn1)c1ccc(-c2cnc(N)nc2)cc1. The van der Waals surface area contributed by atoms with Gasteiger partial charge in [0, 0.05) is 35.1 Å². The van der Waals surface area contributed by atoms with Crippen molar-refractivity contribution in [2.24, 2.45) is 0 Å². The Bertz CT molecular complexity index is 1220. The minimum atomic E-state index is -0.706. The van der Waals surface area contributed by atoms with Crippen LogP contribution in [0.2, 0.25) is 0 Å². The van der Waals surface area contributed by atoms with Crippen LogP contribution >= 0.6 is 11.3 Å².